The standard InChI is InChI=1S/C14H19NO2/c1-9-3-6-12(13(16)7-9)14(17)15-10(2)8-11-4-5-11/h3,6-7,10-11,16H,4-5,8H2,1-2H3,(H,15,17). The number of benzene rings is 1. The Kier molecular flexibility index (Phi) is 3.36. The van der Waals surface area contributed by atoms with Crippen LogP contribution < -0.4 is 5.32 Å². The highest BCUT2D eigenvalue weighted by Crippen LogP contribution is 2.33. The van der Waals surface area contributed by atoms with E-state index in [1.54, 1.807) is 12.1 Å². The predicted molar refractivity (Wildman–Crippen MR) is 67.1 cm³/mol. The van der Waals surface area contributed by atoms with Gasteiger partial charge in [-0.3, -0.25) is 4.79 Å². The predicted octanol–water partition coefficient (Wildman–Crippen LogP) is 2.62. The van der Waals surface area contributed by atoms with Crippen molar-refractivity contribution in [2.24, 2.45) is 5.92 Å². The van der Waals surface area contributed by atoms with Crippen molar-refractivity contribution in [2.45, 2.75) is 39.2 Å². The van der Waals surface area contributed by atoms with Crippen molar-refractivity contribution in [3.05, 3.63) is 29.3 Å². The summed E-state index contributed by atoms with van der Waals surface area (Å²) in [5.41, 5.74) is 1.31. The lowest BCUT2D eigenvalue weighted by molar-refractivity contribution is 0.0935. The van der Waals surface area contributed by atoms with Crippen LogP contribution in [0, 0.1) is 12.8 Å². The molecular weight excluding hydrogens is 214 g/mol. The van der Waals surface area contributed by atoms with Crippen LogP contribution in [-0.2, 0) is 0 Å². The molecule has 1 aromatic carbocycles. The summed E-state index contributed by atoms with van der Waals surface area (Å²) in [6.45, 7) is 3.90. The van der Waals surface area contributed by atoms with Crippen molar-refractivity contribution in [3.8, 4) is 5.75 Å². The van der Waals surface area contributed by atoms with Crippen molar-refractivity contribution in [1.82, 2.24) is 5.32 Å². The average molecular weight is 233 g/mol. The van der Waals surface area contributed by atoms with Crippen LogP contribution in [0.15, 0.2) is 18.2 Å². The van der Waals surface area contributed by atoms with Crippen molar-refractivity contribution in [3.63, 3.8) is 0 Å². The number of carbonyl (C=O) groups excluding carboxylic acids is 1. The van der Waals surface area contributed by atoms with Gasteiger partial charge in [-0.25, -0.2) is 0 Å². The van der Waals surface area contributed by atoms with Gasteiger partial charge in [0.2, 0.25) is 0 Å². The minimum atomic E-state index is -0.185. The van der Waals surface area contributed by atoms with E-state index in [2.05, 4.69) is 5.32 Å². The van der Waals surface area contributed by atoms with E-state index in [0.29, 0.717) is 5.56 Å². The molecular formula is C14H19NO2. The van der Waals surface area contributed by atoms with Crippen molar-refractivity contribution >= 4 is 5.91 Å². The highest BCUT2D eigenvalue weighted by atomic mass is 16.3. The van der Waals surface area contributed by atoms with Crippen molar-refractivity contribution in [1.29, 1.82) is 0 Å². The Balaban J connectivity index is 1.98. The minimum absolute atomic E-state index is 0.0566. The molecule has 0 saturated heterocycles. The fraction of sp³-hybridized carbons (Fsp3) is 0.500. The lowest BCUT2D eigenvalue weighted by atomic mass is 10.1. The van der Waals surface area contributed by atoms with Gasteiger partial charge in [0.15, 0.2) is 0 Å². The molecule has 1 saturated carbocycles. The zero-order chi connectivity index (χ0) is 12.4. The number of aromatic hydroxyl groups is 1. The highest BCUT2D eigenvalue weighted by molar-refractivity contribution is 5.97. The normalized spacial score (nSPS) is 16.6. The van der Waals surface area contributed by atoms with Gasteiger partial charge in [0.1, 0.15) is 5.75 Å². The van der Waals surface area contributed by atoms with Crippen LogP contribution in [0.25, 0.3) is 0 Å². The third-order valence-electron chi connectivity index (χ3n) is 3.16. The van der Waals surface area contributed by atoms with Gasteiger partial charge in [-0.05, 0) is 43.9 Å². The minimum Gasteiger partial charge on any atom is -0.507 e. The molecule has 1 aliphatic rings. The Bertz CT molecular complexity index is 424. The average Bonchev–Trinajstić information content (AvgIpc) is 3.00. The van der Waals surface area contributed by atoms with Gasteiger partial charge in [-0.1, -0.05) is 18.9 Å². The molecule has 1 amide bonds. The zero-order valence-corrected chi connectivity index (χ0v) is 10.4. The van der Waals surface area contributed by atoms with Crippen molar-refractivity contribution < 1.29 is 9.90 Å². The molecule has 3 heteroatoms. The van der Waals surface area contributed by atoms with E-state index >= 15 is 0 Å². The molecule has 1 unspecified atom stereocenters. The molecule has 0 spiro atoms. The van der Waals surface area contributed by atoms with Gasteiger partial charge < -0.3 is 10.4 Å². The first-order chi connectivity index (χ1) is 8.06. The molecule has 0 radical (unpaired) electrons. The Labute approximate surface area is 102 Å². The summed E-state index contributed by atoms with van der Waals surface area (Å²) in [7, 11) is 0. The molecule has 0 bridgehead atoms. The molecule has 1 aromatic rings. The molecule has 1 atom stereocenters. The van der Waals surface area contributed by atoms with Gasteiger partial charge >= 0.3 is 0 Å². The van der Waals surface area contributed by atoms with E-state index in [1.165, 1.54) is 12.8 Å². The van der Waals surface area contributed by atoms with Gasteiger partial charge in [-0.15, -0.1) is 0 Å². The van der Waals surface area contributed by atoms with Gasteiger partial charge in [0.05, 0.1) is 5.56 Å². The molecule has 0 heterocycles. The molecule has 92 valence electrons. The van der Waals surface area contributed by atoms with Gasteiger partial charge in [-0.2, -0.15) is 0 Å². The number of phenols is 1. The number of amides is 1. The van der Waals surface area contributed by atoms with Crippen molar-refractivity contribution in [2.75, 3.05) is 0 Å². The maximum atomic E-state index is 11.9. The van der Waals surface area contributed by atoms with E-state index in [4.69, 9.17) is 0 Å². The highest BCUT2D eigenvalue weighted by Gasteiger charge is 2.24. The first-order valence-corrected chi connectivity index (χ1v) is 6.16. The fourth-order valence-corrected chi connectivity index (χ4v) is 2.05. The van der Waals surface area contributed by atoms with Crippen LogP contribution >= 0.6 is 0 Å². The molecule has 1 aliphatic carbocycles. The second-order valence-electron chi connectivity index (χ2n) is 5.07. The summed E-state index contributed by atoms with van der Waals surface area (Å²) in [6, 6.07) is 5.29. The Morgan fingerprint density at radius 1 is 1.53 bits per heavy atom. The molecule has 17 heavy (non-hydrogen) atoms. The lowest BCUT2D eigenvalue weighted by Gasteiger charge is -2.14. The maximum Gasteiger partial charge on any atom is 0.255 e. The molecule has 2 N–H and O–H groups in total. The lowest BCUT2D eigenvalue weighted by Crippen LogP contribution is -2.32. The number of rotatable bonds is 4. The Morgan fingerprint density at radius 2 is 2.24 bits per heavy atom. The fourth-order valence-electron chi connectivity index (χ4n) is 2.05. The van der Waals surface area contributed by atoms with Crippen LogP contribution in [0.2, 0.25) is 0 Å². The quantitative estimate of drug-likeness (QED) is 0.839. The second-order valence-corrected chi connectivity index (χ2v) is 5.07. The van der Waals surface area contributed by atoms with Gasteiger partial charge in [0, 0.05) is 6.04 Å². The number of nitrogens with one attached hydrogen (secondary N) is 1. The van der Waals surface area contributed by atoms with Crippen LogP contribution in [0.4, 0.5) is 0 Å². The molecule has 2 rings (SSSR count). The summed E-state index contributed by atoms with van der Waals surface area (Å²) in [4.78, 5) is 11.9. The number of phenolic OH excluding ortho intramolecular Hbond substituents is 1. The van der Waals surface area contributed by atoms with E-state index < -0.39 is 0 Å². The van der Waals surface area contributed by atoms with Crippen LogP contribution in [-0.4, -0.2) is 17.1 Å². The van der Waals surface area contributed by atoms with Crippen LogP contribution in [0.3, 0.4) is 0 Å². The van der Waals surface area contributed by atoms with E-state index in [0.717, 1.165) is 17.9 Å². The Morgan fingerprint density at radius 3 is 2.82 bits per heavy atom. The summed E-state index contributed by atoms with van der Waals surface area (Å²) in [6.07, 6.45) is 3.62. The van der Waals surface area contributed by atoms with Crippen LogP contribution in [0.5, 0.6) is 5.75 Å². The molecule has 3 nitrogen and oxygen atoms in total. The van der Waals surface area contributed by atoms with Gasteiger partial charge in [0.25, 0.3) is 5.91 Å². The molecule has 0 aliphatic heterocycles. The largest absolute Gasteiger partial charge is 0.507 e. The van der Waals surface area contributed by atoms with Crippen LogP contribution in [0.1, 0.15) is 42.1 Å². The third kappa shape index (κ3) is 3.22. The third-order valence-corrected chi connectivity index (χ3v) is 3.16. The first-order valence-electron chi connectivity index (χ1n) is 6.16. The smallest absolute Gasteiger partial charge is 0.255 e. The topological polar surface area (TPSA) is 49.3 Å². The number of aryl methyl sites for hydroxylation is 1. The second kappa shape index (κ2) is 4.78. The summed E-state index contributed by atoms with van der Waals surface area (Å²) >= 11 is 0. The van der Waals surface area contributed by atoms with E-state index in [-0.39, 0.29) is 17.7 Å². The summed E-state index contributed by atoms with van der Waals surface area (Å²) in [5.74, 6) is 0.661. The number of hydrogen-bond acceptors (Lipinski definition) is 2. The molecule has 1 fully saturated rings. The monoisotopic (exact) mass is 233 g/mol. The molecule has 0 aromatic heterocycles. The zero-order valence-electron chi connectivity index (χ0n) is 10.4. The Hall–Kier alpha value is -1.51. The van der Waals surface area contributed by atoms with E-state index in [1.807, 2.05) is 19.9 Å². The first kappa shape index (κ1) is 12.0. The summed E-state index contributed by atoms with van der Waals surface area (Å²) in [5, 5.41) is 12.6. The SMILES string of the molecule is Cc1ccc(C(=O)NC(C)CC2CC2)c(O)c1. The summed E-state index contributed by atoms with van der Waals surface area (Å²) < 4.78 is 0. The number of carbonyl (C=O) groups is 1. The van der Waals surface area contributed by atoms with E-state index in [9.17, 15) is 9.90 Å². The number of hydrogen-bond donors (Lipinski definition) is 2. The maximum absolute atomic E-state index is 11.9.